The summed E-state index contributed by atoms with van der Waals surface area (Å²) in [7, 11) is 0. The van der Waals surface area contributed by atoms with E-state index in [0.717, 1.165) is 0 Å². The standard InChI is InChI=1S/C19H16Cl2N4O4/c1-2-25-19(28)13-6-4-3-5-12(13)17(24-25)18(27)23-22-16(26)10-29-11-7-8-14(20)15(21)9-11/h3-9H,2,10H2,1H3,(H,22,26)(H,23,27). The molecule has 0 atom stereocenters. The van der Waals surface area contributed by atoms with Crippen molar-refractivity contribution in [1.29, 1.82) is 0 Å². The van der Waals surface area contributed by atoms with Crippen molar-refractivity contribution < 1.29 is 14.3 Å². The Hall–Kier alpha value is -3.10. The highest BCUT2D eigenvalue weighted by molar-refractivity contribution is 6.42. The van der Waals surface area contributed by atoms with Crippen LogP contribution >= 0.6 is 23.2 Å². The summed E-state index contributed by atoms with van der Waals surface area (Å²) in [5, 5.41) is 5.50. The molecule has 2 N–H and O–H groups in total. The molecule has 10 heteroatoms. The monoisotopic (exact) mass is 434 g/mol. The number of hydrogen-bond acceptors (Lipinski definition) is 5. The molecular formula is C19H16Cl2N4O4. The van der Waals surface area contributed by atoms with Crippen LogP contribution in [0.4, 0.5) is 0 Å². The summed E-state index contributed by atoms with van der Waals surface area (Å²) in [6.45, 7) is 1.68. The van der Waals surface area contributed by atoms with Crippen LogP contribution in [0.1, 0.15) is 17.4 Å². The lowest BCUT2D eigenvalue weighted by Crippen LogP contribution is -2.44. The molecule has 1 aromatic heterocycles. The Morgan fingerprint density at radius 2 is 1.79 bits per heavy atom. The van der Waals surface area contributed by atoms with E-state index in [-0.39, 0.29) is 17.9 Å². The first-order chi connectivity index (χ1) is 13.9. The molecule has 0 saturated heterocycles. The molecule has 1 heterocycles. The van der Waals surface area contributed by atoms with Gasteiger partial charge in [0.05, 0.1) is 15.4 Å². The lowest BCUT2D eigenvalue weighted by molar-refractivity contribution is -0.123. The van der Waals surface area contributed by atoms with E-state index in [1.165, 1.54) is 10.7 Å². The Balaban J connectivity index is 1.67. The third-order valence-electron chi connectivity index (χ3n) is 3.96. The lowest BCUT2D eigenvalue weighted by atomic mass is 10.1. The number of hydrazine groups is 1. The van der Waals surface area contributed by atoms with E-state index in [1.54, 1.807) is 43.3 Å². The Kier molecular flexibility index (Phi) is 6.36. The molecule has 3 aromatic rings. The van der Waals surface area contributed by atoms with Crippen molar-refractivity contribution in [3.05, 3.63) is 68.6 Å². The number of ether oxygens (including phenoxy) is 1. The molecule has 0 fully saturated rings. The minimum Gasteiger partial charge on any atom is -0.484 e. The number of nitrogens with zero attached hydrogens (tertiary/aromatic N) is 2. The fraction of sp³-hybridized carbons (Fsp3) is 0.158. The summed E-state index contributed by atoms with van der Waals surface area (Å²) < 4.78 is 6.48. The summed E-state index contributed by atoms with van der Waals surface area (Å²) >= 11 is 11.7. The zero-order chi connectivity index (χ0) is 21.0. The maximum Gasteiger partial charge on any atom is 0.290 e. The van der Waals surface area contributed by atoms with Crippen LogP contribution in [0.15, 0.2) is 47.3 Å². The summed E-state index contributed by atoms with van der Waals surface area (Å²) in [4.78, 5) is 36.8. The zero-order valence-electron chi connectivity index (χ0n) is 15.2. The molecule has 0 aliphatic carbocycles. The highest BCUT2D eigenvalue weighted by atomic mass is 35.5. The number of fused-ring (bicyclic) bond motifs is 1. The Bertz CT molecular complexity index is 1150. The average molecular weight is 435 g/mol. The molecule has 0 radical (unpaired) electrons. The van der Waals surface area contributed by atoms with Gasteiger partial charge in [0.2, 0.25) is 0 Å². The van der Waals surface area contributed by atoms with Gasteiger partial charge in [-0.15, -0.1) is 0 Å². The normalized spacial score (nSPS) is 10.6. The van der Waals surface area contributed by atoms with Gasteiger partial charge in [0.25, 0.3) is 17.4 Å². The highest BCUT2D eigenvalue weighted by Gasteiger charge is 2.17. The molecule has 0 spiro atoms. The maximum atomic E-state index is 12.5. The van der Waals surface area contributed by atoms with Crippen molar-refractivity contribution in [2.75, 3.05) is 6.61 Å². The number of hydrogen-bond donors (Lipinski definition) is 2. The molecule has 0 aliphatic heterocycles. The maximum absolute atomic E-state index is 12.5. The van der Waals surface area contributed by atoms with E-state index in [1.807, 2.05) is 0 Å². The minimum atomic E-state index is -0.661. The van der Waals surface area contributed by atoms with E-state index >= 15 is 0 Å². The van der Waals surface area contributed by atoms with Crippen LogP contribution in [0, 0.1) is 0 Å². The van der Waals surface area contributed by atoms with Gasteiger partial charge in [0, 0.05) is 18.0 Å². The van der Waals surface area contributed by atoms with E-state index in [2.05, 4.69) is 16.0 Å². The van der Waals surface area contributed by atoms with Gasteiger partial charge < -0.3 is 4.74 Å². The number of amides is 2. The number of carbonyl (C=O) groups is 2. The lowest BCUT2D eigenvalue weighted by Gasteiger charge is -2.11. The number of halogens is 2. The van der Waals surface area contributed by atoms with Crippen molar-refractivity contribution in [3.8, 4) is 5.75 Å². The van der Waals surface area contributed by atoms with Crippen LogP contribution in [0.2, 0.25) is 10.0 Å². The topological polar surface area (TPSA) is 102 Å². The van der Waals surface area contributed by atoms with Gasteiger partial charge in [-0.2, -0.15) is 5.10 Å². The van der Waals surface area contributed by atoms with Gasteiger partial charge in [-0.05, 0) is 25.1 Å². The van der Waals surface area contributed by atoms with Crippen LogP contribution in [-0.4, -0.2) is 28.2 Å². The van der Waals surface area contributed by atoms with Crippen molar-refractivity contribution in [2.24, 2.45) is 0 Å². The Labute approximate surface area is 175 Å². The fourth-order valence-electron chi connectivity index (χ4n) is 2.55. The summed E-state index contributed by atoms with van der Waals surface area (Å²) in [6, 6.07) is 11.2. The van der Waals surface area contributed by atoms with Crippen LogP contribution in [0.5, 0.6) is 5.75 Å². The number of carbonyl (C=O) groups excluding carboxylic acids is 2. The molecule has 2 amide bonds. The molecule has 0 aliphatic rings. The molecule has 29 heavy (non-hydrogen) atoms. The number of rotatable bonds is 5. The summed E-state index contributed by atoms with van der Waals surface area (Å²) in [6.07, 6.45) is 0. The van der Waals surface area contributed by atoms with Crippen LogP contribution in [0.3, 0.4) is 0 Å². The zero-order valence-corrected chi connectivity index (χ0v) is 16.8. The fourth-order valence-corrected chi connectivity index (χ4v) is 2.84. The highest BCUT2D eigenvalue weighted by Crippen LogP contribution is 2.26. The predicted octanol–water partition coefficient (Wildman–Crippen LogP) is 2.56. The molecular weight excluding hydrogens is 419 g/mol. The largest absolute Gasteiger partial charge is 0.484 e. The van der Waals surface area contributed by atoms with Crippen molar-refractivity contribution >= 4 is 45.8 Å². The first kappa shape index (κ1) is 20.6. The van der Waals surface area contributed by atoms with Crippen molar-refractivity contribution in [2.45, 2.75) is 13.5 Å². The number of nitrogens with one attached hydrogen (secondary N) is 2. The molecule has 8 nitrogen and oxygen atoms in total. The smallest absolute Gasteiger partial charge is 0.290 e. The number of aryl methyl sites for hydroxylation is 1. The minimum absolute atomic E-state index is 0.0211. The second kappa shape index (κ2) is 8.93. The van der Waals surface area contributed by atoms with E-state index in [9.17, 15) is 14.4 Å². The quantitative estimate of drug-likeness (QED) is 0.600. The van der Waals surface area contributed by atoms with Gasteiger partial charge in [0.1, 0.15) is 5.75 Å². The van der Waals surface area contributed by atoms with Crippen molar-refractivity contribution in [3.63, 3.8) is 0 Å². The van der Waals surface area contributed by atoms with E-state index in [0.29, 0.717) is 33.1 Å². The number of aromatic nitrogens is 2. The van der Waals surface area contributed by atoms with Gasteiger partial charge in [-0.1, -0.05) is 41.4 Å². The molecule has 0 saturated carbocycles. The van der Waals surface area contributed by atoms with Crippen LogP contribution in [0.25, 0.3) is 10.8 Å². The molecule has 0 bridgehead atoms. The Morgan fingerprint density at radius 1 is 1.07 bits per heavy atom. The predicted molar refractivity (Wildman–Crippen MR) is 109 cm³/mol. The van der Waals surface area contributed by atoms with Gasteiger partial charge in [-0.25, -0.2) is 4.68 Å². The first-order valence-corrected chi connectivity index (χ1v) is 9.33. The van der Waals surface area contributed by atoms with Crippen molar-refractivity contribution in [1.82, 2.24) is 20.6 Å². The molecule has 3 rings (SSSR count). The second-order valence-electron chi connectivity index (χ2n) is 5.88. The molecule has 0 unspecified atom stereocenters. The molecule has 2 aromatic carbocycles. The Morgan fingerprint density at radius 3 is 2.48 bits per heavy atom. The van der Waals surface area contributed by atoms with E-state index < -0.39 is 11.8 Å². The van der Waals surface area contributed by atoms with Crippen LogP contribution in [-0.2, 0) is 11.3 Å². The van der Waals surface area contributed by atoms with Gasteiger partial charge in [0.15, 0.2) is 12.3 Å². The third kappa shape index (κ3) is 4.67. The number of benzene rings is 2. The van der Waals surface area contributed by atoms with Gasteiger partial charge in [-0.3, -0.25) is 25.2 Å². The SMILES string of the molecule is CCn1nc(C(=O)NNC(=O)COc2ccc(Cl)c(Cl)c2)c2ccccc2c1=O. The third-order valence-corrected chi connectivity index (χ3v) is 4.70. The average Bonchev–Trinajstić information content (AvgIpc) is 2.73. The van der Waals surface area contributed by atoms with Gasteiger partial charge >= 0.3 is 0 Å². The second-order valence-corrected chi connectivity index (χ2v) is 6.70. The summed E-state index contributed by atoms with van der Waals surface area (Å²) in [5.74, 6) is -0.910. The van der Waals surface area contributed by atoms with Crippen LogP contribution < -0.4 is 21.1 Å². The van der Waals surface area contributed by atoms with E-state index in [4.69, 9.17) is 27.9 Å². The molecule has 150 valence electrons. The summed E-state index contributed by atoms with van der Waals surface area (Å²) in [5.41, 5.74) is 4.25. The first-order valence-electron chi connectivity index (χ1n) is 8.57.